The Morgan fingerprint density at radius 2 is 1.74 bits per heavy atom. The number of rotatable bonds is 8. The second kappa shape index (κ2) is 9.63. The lowest BCUT2D eigenvalue weighted by atomic mass is 9.98. The van der Waals surface area contributed by atoms with Gasteiger partial charge in [-0.3, -0.25) is 4.79 Å². The van der Waals surface area contributed by atoms with E-state index in [1.807, 2.05) is 24.3 Å². The first kappa shape index (κ1) is 19.6. The van der Waals surface area contributed by atoms with Gasteiger partial charge in [-0.1, -0.05) is 19.8 Å². The van der Waals surface area contributed by atoms with Crippen LogP contribution in [-0.4, -0.2) is 31.2 Å². The molecule has 0 heterocycles. The molecule has 0 saturated heterocycles. The Kier molecular flexibility index (Phi) is 8.20. The van der Waals surface area contributed by atoms with Crippen LogP contribution in [0.25, 0.3) is 0 Å². The van der Waals surface area contributed by atoms with Crippen LogP contribution in [0.2, 0.25) is 0 Å². The first-order chi connectivity index (χ1) is 10.7. The van der Waals surface area contributed by atoms with Crippen molar-refractivity contribution in [2.24, 2.45) is 5.73 Å². The van der Waals surface area contributed by atoms with Gasteiger partial charge in [0.2, 0.25) is 0 Å². The van der Waals surface area contributed by atoms with Crippen molar-refractivity contribution in [2.75, 3.05) is 19.8 Å². The largest absolute Gasteiger partial charge is 0.494 e. The Balaban J connectivity index is 0.00000264. The maximum atomic E-state index is 12.0. The van der Waals surface area contributed by atoms with E-state index >= 15 is 0 Å². The van der Waals surface area contributed by atoms with Crippen molar-refractivity contribution in [3.05, 3.63) is 24.3 Å². The molecule has 1 aliphatic carbocycles. The van der Waals surface area contributed by atoms with Gasteiger partial charge in [-0.25, -0.2) is 0 Å². The number of nitrogens with one attached hydrogen (secondary N) is 1. The summed E-state index contributed by atoms with van der Waals surface area (Å²) < 4.78 is 11.0. The summed E-state index contributed by atoms with van der Waals surface area (Å²) in [6.45, 7) is 3.26. The van der Waals surface area contributed by atoms with Gasteiger partial charge in [0.15, 0.2) is 6.61 Å². The number of nitrogens with two attached hydrogens (primary N) is 1. The molecule has 1 aromatic rings. The maximum absolute atomic E-state index is 12.0. The van der Waals surface area contributed by atoms with E-state index in [-0.39, 0.29) is 30.5 Å². The van der Waals surface area contributed by atoms with Crippen molar-refractivity contribution >= 4 is 18.3 Å². The highest BCUT2D eigenvalue weighted by atomic mass is 35.5. The summed E-state index contributed by atoms with van der Waals surface area (Å²) in [4.78, 5) is 12.0. The van der Waals surface area contributed by atoms with E-state index in [4.69, 9.17) is 15.2 Å². The predicted octanol–water partition coefficient (Wildman–Crippen LogP) is 2.66. The van der Waals surface area contributed by atoms with Crippen LogP contribution in [-0.2, 0) is 4.79 Å². The van der Waals surface area contributed by atoms with Crippen LogP contribution >= 0.6 is 12.4 Å². The zero-order valence-electron chi connectivity index (χ0n) is 13.7. The number of carbonyl (C=O) groups is 1. The second-order valence-electron chi connectivity index (χ2n) is 5.85. The topological polar surface area (TPSA) is 73.6 Å². The molecule has 0 bridgehead atoms. The Hall–Kier alpha value is -1.46. The van der Waals surface area contributed by atoms with E-state index in [1.54, 1.807) is 0 Å². The number of benzene rings is 1. The normalized spacial score (nSPS) is 15.6. The van der Waals surface area contributed by atoms with Crippen LogP contribution in [0.1, 0.15) is 39.0 Å². The van der Waals surface area contributed by atoms with Crippen molar-refractivity contribution in [1.82, 2.24) is 5.32 Å². The standard InChI is InChI=1S/C17H26N2O3.ClH/c1-2-11-21-14-5-7-15(8-6-14)22-12-16(20)19-17(13-18)9-3-4-10-17;/h5-8H,2-4,9-13,18H2,1H3,(H,19,20);1H. The quantitative estimate of drug-likeness (QED) is 0.761. The van der Waals surface area contributed by atoms with Crippen molar-refractivity contribution in [3.8, 4) is 11.5 Å². The lowest BCUT2D eigenvalue weighted by Gasteiger charge is -2.28. The summed E-state index contributed by atoms with van der Waals surface area (Å²) in [5, 5.41) is 3.04. The molecular weight excluding hydrogens is 316 g/mol. The zero-order chi connectivity index (χ0) is 15.8. The highest BCUT2D eigenvalue weighted by Gasteiger charge is 2.33. The van der Waals surface area contributed by atoms with Crippen molar-refractivity contribution in [1.29, 1.82) is 0 Å². The lowest BCUT2D eigenvalue weighted by Crippen LogP contribution is -2.52. The third kappa shape index (κ3) is 5.92. The Morgan fingerprint density at radius 3 is 2.26 bits per heavy atom. The fourth-order valence-corrected chi connectivity index (χ4v) is 2.76. The summed E-state index contributed by atoms with van der Waals surface area (Å²) in [7, 11) is 0. The minimum absolute atomic E-state index is 0. The van der Waals surface area contributed by atoms with Crippen LogP contribution in [0.15, 0.2) is 24.3 Å². The summed E-state index contributed by atoms with van der Waals surface area (Å²) in [5.41, 5.74) is 5.59. The molecule has 1 aliphatic rings. The Labute approximate surface area is 144 Å². The monoisotopic (exact) mass is 342 g/mol. The number of hydrogen-bond acceptors (Lipinski definition) is 4. The molecular formula is C17H27ClN2O3. The molecule has 0 radical (unpaired) electrons. The average molecular weight is 343 g/mol. The third-order valence-electron chi connectivity index (χ3n) is 4.02. The number of ether oxygens (including phenoxy) is 2. The van der Waals surface area contributed by atoms with E-state index in [1.165, 1.54) is 0 Å². The number of carbonyl (C=O) groups excluding carboxylic acids is 1. The van der Waals surface area contributed by atoms with Crippen LogP contribution in [0.3, 0.4) is 0 Å². The molecule has 0 aliphatic heterocycles. The van der Waals surface area contributed by atoms with Gasteiger partial charge in [0.25, 0.3) is 5.91 Å². The molecule has 0 aromatic heterocycles. The highest BCUT2D eigenvalue weighted by Crippen LogP contribution is 2.28. The number of hydrogen-bond donors (Lipinski definition) is 2. The van der Waals surface area contributed by atoms with E-state index < -0.39 is 0 Å². The molecule has 2 rings (SSSR count). The summed E-state index contributed by atoms with van der Waals surface area (Å²) >= 11 is 0. The zero-order valence-corrected chi connectivity index (χ0v) is 14.5. The molecule has 3 N–H and O–H groups in total. The van der Waals surface area contributed by atoms with Crippen molar-refractivity contribution in [2.45, 2.75) is 44.6 Å². The van der Waals surface area contributed by atoms with E-state index in [9.17, 15) is 4.79 Å². The Bertz CT molecular complexity index is 473. The first-order valence-electron chi connectivity index (χ1n) is 8.04. The molecule has 23 heavy (non-hydrogen) atoms. The molecule has 0 atom stereocenters. The maximum Gasteiger partial charge on any atom is 0.258 e. The van der Waals surface area contributed by atoms with Gasteiger partial charge >= 0.3 is 0 Å². The van der Waals surface area contributed by atoms with E-state index in [2.05, 4.69) is 12.2 Å². The third-order valence-corrected chi connectivity index (χ3v) is 4.02. The average Bonchev–Trinajstić information content (AvgIpc) is 3.01. The molecule has 1 amide bonds. The van der Waals surface area contributed by atoms with Crippen LogP contribution < -0.4 is 20.5 Å². The van der Waals surface area contributed by atoms with Crippen LogP contribution in [0, 0.1) is 0 Å². The minimum Gasteiger partial charge on any atom is -0.494 e. The summed E-state index contributed by atoms with van der Waals surface area (Å²) in [6.07, 6.45) is 5.13. The van der Waals surface area contributed by atoms with Crippen molar-refractivity contribution in [3.63, 3.8) is 0 Å². The van der Waals surface area contributed by atoms with Gasteiger partial charge < -0.3 is 20.5 Å². The van der Waals surface area contributed by atoms with Gasteiger partial charge in [-0.2, -0.15) is 0 Å². The summed E-state index contributed by atoms with van der Waals surface area (Å²) in [5.74, 6) is 1.36. The molecule has 1 fully saturated rings. The van der Waals surface area contributed by atoms with E-state index in [0.717, 1.165) is 37.9 Å². The van der Waals surface area contributed by atoms with Gasteiger partial charge in [0, 0.05) is 6.54 Å². The smallest absolute Gasteiger partial charge is 0.258 e. The fraction of sp³-hybridized carbons (Fsp3) is 0.588. The first-order valence-corrected chi connectivity index (χ1v) is 8.04. The van der Waals surface area contributed by atoms with Gasteiger partial charge in [-0.15, -0.1) is 12.4 Å². The fourth-order valence-electron chi connectivity index (χ4n) is 2.76. The SMILES string of the molecule is CCCOc1ccc(OCC(=O)NC2(CN)CCCC2)cc1.Cl. The van der Waals surface area contributed by atoms with Gasteiger partial charge in [-0.05, 0) is 43.5 Å². The minimum atomic E-state index is -0.224. The summed E-state index contributed by atoms with van der Waals surface area (Å²) in [6, 6.07) is 7.32. The molecule has 5 nitrogen and oxygen atoms in total. The Morgan fingerprint density at radius 1 is 1.17 bits per heavy atom. The van der Waals surface area contributed by atoms with Crippen LogP contribution in [0.5, 0.6) is 11.5 Å². The van der Waals surface area contributed by atoms with E-state index in [0.29, 0.717) is 18.9 Å². The molecule has 6 heteroatoms. The second-order valence-corrected chi connectivity index (χ2v) is 5.85. The number of halogens is 1. The van der Waals surface area contributed by atoms with Crippen molar-refractivity contribution < 1.29 is 14.3 Å². The molecule has 1 saturated carbocycles. The van der Waals surface area contributed by atoms with Gasteiger partial charge in [0.05, 0.1) is 12.1 Å². The van der Waals surface area contributed by atoms with Crippen LogP contribution in [0.4, 0.5) is 0 Å². The molecule has 130 valence electrons. The highest BCUT2D eigenvalue weighted by molar-refractivity contribution is 5.85. The molecule has 0 spiro atoms. The van der Waals surface area contributed by atoms with Gasteiger partial charge in [0.1, 0.15) is 11.5 Å². The lowest BCUT2D eigenvalue weighted by molar-refractivity contribution is -0.124. The molecule has 0 unspecified atom stereocenters. The predicted molar refractivity (Wildman–Crippen MR) is 93.4 cm³/mol. The number of amides is 1. The molecule has 1 aromatic carbocycles.